The summed E-state index contributed by atoms with van der Waals surface area (Å²) in [6, 6.07) is 4.02. The predicted molar refractivity (Wildman–Crippen MR) is 104 cm³/mol. The van der Waals surface area contributed by atoms with Gasteiger partial charge in [-0.15, -0.1) is 0 Å². The predicted octanol–water partition coefficient (Wildman–Crippen LogP) is 2.49. The molecule has 0 aromatic carbocycles. The van der Waals surface area contributed by atoms with Crippen LogP contribution in [-0.4, -0.2) is 36.4 Å². The molecule has 0 saturated carbocycles. The van der Waals surface area contributed by atoms with Crippen LogP contribution in [0.25, 0.3) is 0 Å². The van der Waals surface area contributed by atoms with E-state index in [4.69, 9.17) is 0 Å². The Hall–Kier alpha value is -2.11. The smallest absolute Gasteiger partial charge is 0.239 e. The van der Waals surface area contributed by atoms with Gasteiger partial charge in [0.1, 0.15) is 5.82 Å². The van der Waals surface area contributed by atoms with Crippen LogP contribution in [0, 0.1) is 11.8 Å². The molecular formula is C20H32N4O2. The molecule has 2 N–H and O–H groups in total. The maximum atomic E-state index is 11.8. The van der Waals surface area contributed by atoms with Crippen molar-refractivity contribution in [1.29, 1.82) is 0 Å². The number of carbonyl (C=O) groups is 2. The van der Waals surface area contributed by atoms with Crippen LogP contribution in [0.4, 0.5) is 5.82 Å². The lowest BCUT2D eigenvalue weighted by atomic mass is 9.99. The Morgan fingerprint density at radius 3 is 2.54 bits per heavy atom. The maximum Gasteiger partial charge on any atom is 0.239 e. The molecule has 6 heteroatoms. The van der Waals surface area contributed by atoms with E-state index in [1.54, 1.807) is 0 Å². The molecule has 0 atom stereocenters. The number of pyridine rings is 1. The summed E-state index contributed by atoms with van der Waals surface area (Å²) in [7, 11) is 0. The van der Waals surface area contributed by atoms with E-state index >= 15 is 0 Å². The van der Waals surface area contributed by atoms with Crippen molar-refractivity contribution in [3.05, 3.63) is 23.9 Å². The fourth-order valence-corrected chi connectivity index (χ4v) is 2.90. The second-order valence-electron chi connectivity index (χ2n) is 7.68. The summed E-state index contributed by atoms with van der Waals surface area (Å²) >= 11 is 0. The molecule has 26 heavy (non-hydrogen) atoms. The molecule has 0 aliphatic carbocycles. The minimum Gasteiger partial charge on any atom is -0.357 e. The summed E-state index contributed by atoms with van der Waals surface area (Å²) in [4.78, 5) is 30.3. The Balaban J connectivity index is 1.69. The molecule has 2 rings (SSSR count). The number of hydrogen-bond donors (Lipinski definition) is 2. The molecule has 0 bridgehead atoms. The maximum absolute atomic E-state index is 11.8. The Bertz CT molecular complexity index is 578. The highest BCUT2D eigenvalue weighted by atomic mass is 16.2. The van der Waals surface area contributed by atoms with Gasteiger partial charge in [0.2, 0.25) is 11.8 Å². The number of aromatic nitrogens is 1. The van der Waals surface area contributed by atoms with E-state index in [-0.39, 0.29) is 18.4 Å². The van der Waals surface area contributed by atoms with Gasteiger partial charge in [-0.25, -0.2) is 4.98 Å². The van der Waals surface area contributed by atoms with Crippen molar-refractivity contribution in [2.45, 2.75) is 53.0 Å². The fourth-order valence-electron chi connectivity index (χ4n) is 2.90. The first-order chi connectivity index (χ1) is 12.4. The van der Waals surface area contributed by atoms with Crippen LogP contribution in [0.1, 0.15) is 52.0 Å². The van der Waals surface area contributed by atoms with Gasteiger partial charge in [-0.05, 0) is 42.7 Å². The van der Waals surface area contributed by atoms with Crippen LogP contribution in [0.5, 0.6) is 0 Å². The van der Waals surface area contributed by atoms with Crippen molar-refractivity contribution in [3.8, 4) is 0 Å². The van der Waals surface area contributed by atoms with E-state index in [0.717, 1.165) is 36.8 Å². The van der Waals surface area contributed by atoms with E-state index in [9.17, 15) is 9.59 Å². The molecule has 1 aromatic heterocycles. The number of nitrogens with one attached hydrogen (secondary N) is 2. The van der Waals surface area contributed by atoms with Crippen LogP contribution in [0.2, 0.25) is 0 Å². The monoisotopic (exact) mass is 360 g/mol. The molecule has 6 nitrogen and oxygen atoms in total. The molecule has 144 valence electrons. The first kappa shape index (κ1) is 20.2. The standard InChI is InChI=1S/C20H32N4O2/c1-15(2)4-7-19(25)23-14-20(26)22-13-17-5-6-18(21-12-17)24-10-8-16(3)9-11-24/h5-6,12,15-16H,4,7-11,13-14H2,1-3H3,(H,22,26)(H,23,25). The SMILES string of the molecule is CC(C)CCC(=O)NCC(=O)NCc1ccc(N2CCC(C)CC2)nc1. The van der Waals surface area contributed by atoms with Gasteiger partial charge >= 0.3 is 0 Å². The molecule has 1 aromatic rings. The third-order valence-electron chi connectivity index (χ3n) is 4.80. The summed E-state index contributed by atoms with van der Waals surface area (Å²) in [5.41, 5.74) is 0.957. The third-order valence-corrected chi connectivity index (χ3v) is 4.80. The van der Waals surface area contributed by atoms with Crippen molar-refractivity contribution in [2.24, 2.45) is 11.8 Å². The first-order valence-corrected chi connectivity index (χ1v) is 9.67. The zero-order valence-electron chi connectivity index (χ0n) is 16.3. The quantitative estimate of drug-likeness (QED) is 0.747. The molecule has 0 spiro atoms. The number of piperidine rings is 1. The van der Waals surface area contributed by atoms with Gasteiger partial charge in [-0.1, -0.05) is 26.8 Å². The largest absolute Gasteiger partial charge is 0.357 e. The van der Waals surface area contributed by atoms with Crippen molar-refractivity contribution in [2.75, 3.05) is 24.5 Å². The van der Waals surface area contributed by atoms with E-state index in [2.05, 4.69) is 41.3 Å². The van der Waals surface area contributed by atoms with Crippen molar-refractivity contribution in [3.63, 3.8) is 0 Å². The molecule has 1 aliphatic heterocycles. The molecule has 1 aliphatic rings. The minimum atomic E-state index is -0.183. The van der Waals surface area contributed by atoms with Gasteiger partial charge in [-0.3, -0.25) is 9.59 Å². The second-order valence-corrected chi connectivity index (χ2v) is 7.68. The highest BCUT2D eigenvalue weighted by Crippen LogP contribution is 2.21. The first-order valence-electron chi connectivity index (χ1n) is 9.67. The van der Waals surface area contributed by atoms with Gasteiger partial charge < -0.3 is 15.5 Å². The topological polar surface area (TPSA) is 74.3 Å². The van der Waals surface area contributed by atoms with Crippen molar-refractivity contribution >= 4 is 17.6 Å². The van der Waals surface area contributed by atoms with E-state index in [0.29, 0.717) is 18.9 Å². The van der Waals surface area contributed by atoms with Gasteiger partial charge in [0.15, 0.2) is 0 Å². The second kappa shape index (κ2) is 10.1. The molecule has 0 unspecified atom stereocenters. The lowest BCUT2D eigenvalue weighted by Gasteiger charge is -2.31. The molecule has 1 saturated heterocycles. The Morgan fingerprint density at radius 2 is 1.92 bits per heavy atom. The molecule has 0 radical (unpaired) electrons. The lowest BCUT2D eigenvalue weighted by Crippen LogP contribution is -2.36. The van der Waals surface area contributed by atoms with E-state index < -0.39 is 0 Å². The van der Waals surface area contributed by atoms with Gasteiger partial charge in [0.25, 0.3) is 0 Å². The third kappa shape index (κ3) is 7.02. The number of hydrogen-bond acceptors (Lipinski definition) is 4. The molecule has 1 fully saturated rings. The average Bonchev–Trinajstić information content (AvgIpc) is 2.64. The zero-order valence-corrected chi connectivity index (χ0v) is 16.3. The van der Waals surface area contributed by atoms with Crippen molar-refractivity contribution < 1.29 is 9.59 Å². The summed E-state index contributed by atoms with van der Waals surface area (Å²) in [6.07, 6.45) is 5.53. The highest BCUT2D eigenvalue weighted by Gasteiger charge is 2.16. The summed E-state index contributed by atoms with van der Waals surface area (Å²) in [6.45, 7) is 9.00. The Labute approximate surface area is 156 Å². The molecule has 2 heterocycles. The lowest BCUT2D eigenvalue weighted by molar-refractivity contribution is -0.126. The normalized spacial score (nSPS) is 15.2. The summed E-state index contributed by atoms with van der Waals surface area (Å²) < 4.78 is 0. The number of amides is 2. The van der Waals surface area contributed by atoms with Crippen LogP contribution in [-0.2, 0) is 16.1 Å². The van der Waals surface area contributed by atoms with E-state index in [1.807, 2.05) is 18.3 Å². The van der Waals surface area contributed by atoms with Gasteiger partial charge in [0, 0.05) is 32.3 Å². The zero-order chi connectivity index (χ0) is 18.9. The average molecular weight is 361 g/mol. The van der Waals surface area contributed by atoms with Gasteiger partial charge in [0.05, 0.1) is 6.54 Å². The van der Waals surface area contributed by atoms with E-state index in [1.165, 1.54) is 12.8 Å². The van der Waals surface area contributed by atoms with Crippen LogP contribution >= 0.6 is 0 Å². The highest BCUT2D eigenvalue weighted by molar-refractivity contribution is 5.84. The fraction of sp³-hybridized carbons (Fsp3) is 0.650. The Morgan fingerprint density at radius 1 is 1.19 bits per heavy atom. The van der Waals surface area contributed by atoms with Gasteiger partial charge in [-0.2, -0.15) is 0 Å². The van der Waals surface area contributed by atoms with Crippen LogP contribution in [0.15, 0.2) is 18.3 Å². The summed E-state index contributed by atoms with van der Waals surface area (Å²) in [5.74, 6) is 2.03. The number of nitrogens with zero attached hydrogens (tertiary/aromatic N) is 2. The van der Waals surface area contributed by atoms with Crippen molar-refractivity contribution in [1.82, 2.24) is 15.6 Å². The van der Waals surface area contributed by atoms with Crippen LogP contribution in [0.3, 0.4) is 0 Å². The molecular weight excluding hydrogens is 328 g/mol. The minimum absolute atomic E-state index is 0.0222. The molecule has 2 amide bonds. The van der Waals surface area contributed by atoms with Crippen LogP contribution < -0.4 is 15.5 Å². The number of rotatable bonds is 8. The summed E-state index contributed by atoms with van der Waals surface area (Å²) in [5, 5.41) is 5.47. The Kier molecular flexibility index (Phi) is 7.88. The number of carbonyl (C=O) groups excluding carboxylic acids is 2. The number of anilines is 1.